The Morgan fingerprint density at radius 3 is 2.74 bits per heavy atom. The Balaban J connectivity index is 2.24. The number of carboxylic acid groups (broad SMARTS) is 1. The number of fused-ring (bicyclic) bond motifs is 1. The van der Waals surface area contributed by atoms with Gasteiger partial charge in [-0.05, 0) is 35.7 Å². The second kappa shape index (κ2) is 5.71. The normalized spacial score (nSPS) is 11.7. The van der Waals surface area contributed by atoms with Crippen molar-refractivity contribution in [2.75, 3.05) is 19.0 Å². The fraction of sp³-hybridized carbons (Fsp3) is 0.133. The minimum atomic E-state index is -0.934. The molecule has 1 aromatic heterocycles. The smallest absolute Gasteiger partial charge is 0.328 e. The van der Waals surface area contributed by atoms with Crippen molar-refractivity contribution in [2.24, 2.45) is 0 Å². The summed E-state index contributed by atoms with van der Waals surface area (Å²) < 4.78 is 1.23. The van der Waals surface area contributed by atoms with Gasteiger partial charge in [0.05, 0.1) is 0 Å². The number of allylic oxidation sites excluding steroid dienone is 2. The van der Waals surface area contributed by atoms with Gasteiger partial charge < -0.3 is 10.0 Å². The zero-order chi connectivity index (χ0) is 13.8. The summed E-state index contributed by atoms with van der Waals surface area (Å²) in [5.41, 5.74) is 1.17. The van der Waals surface area contributed by atoms with Crippen molar-refractivity contribution in [3.63, 3.8) is 0 Å². The quantitative estimate of drug-likeness (QED) is 0.683. The lowest BCUT2D eigenvalue weighted by molar-refractivity contribution is -0.131. The van der Waals surface area contributed by atoms with Gasteiger partial charge in [-0.25, -0.2) is 4.79 Å². The maximum absolute atomic E-state index is 10.3. The minimum absolute atomic E-state index is 0.934. The molecule has 2 rings (SSSR count). The van der Waals surface area contributed by atoms with E-state index in [-0.39, 0.29) is 0 Å². The summed E-state index contributed by atoms with van der Waals surface area (Å²) in [6.07, 6.45) is 6.30. The van der Waals surface area contributed by atoms with E-state index in [1.165, 1.54) is 21.8 Å². The molecule has 1 aromatic carbocycles. The molecule has 0 aliphatic heterocycles. The molecule has 3 nitrogen and oxygen atoms in total. The molecule has 1 N–H and O–H groups in total. The zero-order valence-electron chi connectivity index (χ0n) is 10.8. The molecule has 19 heavy (non-hydrogen) atoms. The van der Waals surface area contributed by atoms with Crippen LogP contribution in [0.15, 0.2) is 42.5 Å². The molecule has 1 heterocycles. The Morgan fingerprint density at radius 2 is 2.05 bits per heavy atom. The molecule has 0 spiro atoms. The number of benzene rings is 1. The van der Waals surface area contributed by atoms with Crippen LogP contribution in [-0.4, -0.2) is 25.2 Å². The van der Waals surface area contributed by atoms with Gasteiger partial charge >= 0.3 is 5.97 Å². The molecule has 2 aromatic rings. The van der Waals surface area contributed by atoms with E-state index >= 15 is 0 Å². The maximum Gasteiger partial charge on any atom is 0.328 e. The third kappa shape index (κ3) is 3.45. The molecule has 0 amide bonds. The number of hydrogen-bond donors (Lipinski definition) is 1. The van der Waals surface area contributed by atoms with Gasteiger partial charge in [-0.15, -0.1) is 11.3 Å². The summed E-state index contributed by atoms with van der Waals surface area (Å²) >= 11 is 1.69. The largest absolute Gasteiger partial charge is 0.478 e. The molecular formula is C15H15NO2S. The van der Waals surface area contributed by atoms with E-state index in [4.69, 9.17) is 5.11 Å². The van der Waals surface area contributed by atoms with E-state index < -0.39 is 5.97 Å². The van der Waals surface area contributed by atoms with Gasteiger partial charge in [0.25, 0.3) is 0 Å². The van der Waals surface area contributed by atoms with Crippen molar-refractivity contribution in [3.8, 4) is 0 Å². The average Bonchev–Trinajstić information content (AvgIpc) is 2.75. The lowest BCUT2D eigenvalue weighted by Crippen LogP contribution is -2.07. The Kier molecular flexibility index (Phi) is 4.02. The first-order valence-electron chi connectivity index (χ1n) is 5.85. The number of hydrogen-bond acceptors (Lipinski definition) is 3. The molecular weight excluding hydrogens is 258 g/mol. The van der Waals surface area contributed by atoms with E-state index in [1.807, 2.05) is 20.2 Å². The topological polar surface area (TPSA) is 40.5 Å². The molecule has 4 heteroatoms. The average molecular weight is 273 g/mol. The Labute approximate surface area is 116 Å². The Hall–Kier alpha value is -2.07. The molecule has 0 fully saturated rings. The van der Waals surface area contributed by atoms with Crippen LogP contribution in [0.1, 0.15) is 4.88 Å². The number of thiophene rings is 1. The number of carbonyl (C=O) groups is 1. The minimum Gasteiger partial charge on any atom is -0.478 e. The van der Waals surface area contributed by atoms with Gasteiger partial charge in [0, 0.05) is 35.4 Å². The van der Waals surface area contributed by atoms with Crippen LogP contribution in [0.2, 0.25) is 0 Å². The highest BCUT2D eigenvalue weighted by Crippen LogP contribution is 2.29. The molecule has 0 aliphatic rings. The van der Waals surface area contributed by atoms with Gasteiger partial charge in [-0.3, -0.25) is 0 Å². The predicted octanol–water partition coefficient (Wildman–Crippen LogP) is 3.62. The van der Waals surface area contributed by atoms with Gasteiger partial charge in [-0.1, -0.05) is 12.2 Å². The monoisotopic (exact) mass is 273 g/mol. The molecule has 0 aliphatic carbocycles. The van der Waals surface area contributed by atoms with Crippen LogP contribution >= 0.6 is 11.3 Å². The van der Waals surface area contributed by atoms with E-state index in [0.29, 0.717) is 0 Å². The predicted molar refractivity (Wildman–Crippen MR) is 82.0 cm³/mol. The second-order valence-electron chi connectivity index (χ2n) is 4.32. The molecule has 0 saturated heterocycles. The standard InChI is InChI=1S/C15H15NO2S/c1-16(2)12-7-8-14-11(9-12)10-13(19-14)5-3-4-6-15(17)18/h3-10H,1-2H3,(H,17,18)/b5-3+,6-4+. The Bertz CT molecular complexity index is 653. The van der Waals surface area contributed by atoms with Crippen LogP contribution in [0.3, 0.4) is 0 Å². The number of anilines is 1. The van der Waals surface area contributed by atoms with Crippen molar-refractivity contribution in [1.29, 1.82) is 0 Å². The maximum atomic E-state index is 10.3. The van der Waals surface area contributed by atoms with Crippen molar-refractivity contribution in [2.45, 2.75) is 0 Å². The molecule has 0 radical (unpaired) electrons. The van der Waals surface area contributed by atoms with Gasteiger partial charge in [0.2, 0.25) is 0 Å². The third-order valence-electron chi connectivity index (χ3n) is 2.65. The number of rotatable bonds is 4. The third-order valence-corrected chi connectivity index (χ3v) is 3.73. The zero-order valence-corrected chi connectivity index (χ0v) is 11.6. The van der Waals surface area contributed by atoms with Crippen LogP contribution in [0.25, 0.3) is 16.2 Å². The molecule has 0 atom stereocenters. The molecule has 0 unspecified atom stereocenters. The first-order valence-corrected chi connectivity index (χ1v) is 6.66. The SMILES string of the molecule is CN(C)c1ccc2sc(/C=C/C=C/C(=O)O)cc2c1. The van der Waals surface area contributed by atoms with Gasteiger partial charge in [0.1, 0.15) is 0 Å². The lowest BCUT2D eigenvalue weighted by atomic mass is 10.2. The molecule has 98 valence electrons. The summed E-state index contributed by atoms with van der Waals surface area (Å²) in [6, 6.07) is 8.46. The summed E-state index contributed by atoms with van der Waals surface area (Å²) in [5.74, 6) is -0.934. The fourth-order valence-electron chi connectivity index (χ4n) is 1.70. The summed E-state index contributed by atoms with van der Waals surface area (Å²) in [7, 11) is 4.04. The number of aliphatic carboxylic acids is 1. The highest BCUT2D eigenvalue weighted by Gasteiger charge is 2.01. The summed E-state index contributed by atoms with van der Waals surface area (Å²) in [6.45, 7) is 0. The van der Waals surface area contributed by atoms with Crippen LogP contribution in [0, 0.1) is 0 Å². The fourth-order valence-corrected chi connectivity index (χ4v) is 2.66. The summed E-state index contributed by atoms with van der Waals surface area (Å²) in [5, 5.41) is 9.69. The molecule has 0 bridgehead atoms. The van der Waals surface area contributed by atoms with Crippen molar-refractivity contribution >= 4 is 39.2 Å². The van der Waals surface area contributed by atoms with Crippen molar-refractivity contribution in [1.82, 2.24) is 0 Å². The Morgan fingerprint density at radius 1 is 1.26 bits per heavy atom. The van der Waals surface area contributed by atoms with Gasteiger partial charge in [0.15, 0.2) is 0 Å². The second-order valence-corrected chi connectivity index (χ2v) is 5.44. The van der Waals surface area contributed by atoms with Gasteiger partial charge in [-0.2, -0.15) is 0 Å². The van der Waals surface area contributed by atoms with E-state index in [2.05, 4.69) is 29.2 Å². The van der Waals surface area contributed by atoms with E-state index in [1.54, 1.807) is 17.4 Å². The summed E-state index contributed by atoms with van der Waals surface area (Å²) in [4.78, 5) is 13.5. The van der Waals surface area contributed by atoms with Crippen LogP contribution < -0.4 is 4.90 Å². The first kappa shape index (κ1) is 13.4. The van der Waals surface area contributed by atoms with Crippen molar-refractivity contribution in [3.05, 3.63) is 47.4 Å². The van der Waals surface area contributed by atoms with Crippen LogP contribution in [0.4, 0.5) is 5.69 Å². The number of carboxylic acids is 1. The highest BCUT2D eigenvalue weighted by atomic mass is 32.1. The number of nitrogens with zero attached hydrogens (tertiary/aromatic N) is 1. The van der Waals surface area contributed by atoms with E-state index in [0.717, 1.165) is 11.0 Å². The lowest BCUT2D eigenvalue weighted by Gasteiger charge is -2.11. The first-order chi connectivity index (χ1) is 9.06. The highest BCUT2D eigenvalue weighted by molar-refractivity contribution is 7.19. The van der Waals surface area contributed by atoms with Crippen molar-refractivity contribution < 1.29 is 9.90 Å². The van der Waals surface area contributed by atoms with Crippen LogP contribution in [-0.2, 0) is 4.79 Å². The van der Waals surface area contributed by atoms with E-state index in [9.17, 15) is 4.79 Å². The van der Waals surface area contributed by atoms with Crippen LogP contribution in [0.5, 0.6) is 0 Å². The molecule has 0 saturated carbocycles.